The molecule has 94 valence electrons. The molecule has 1 aromatic heterocycles. The van der Waals surface area contributed by atoms with Gasteiger partial charge in [0.1, 0.15) is 0 Å². The molecule has 2 rings (SSSR count). The normalized spacial score (nSPS) is 25.1. The molecule has 0 saturated heterocycles. The molecule has 0 atom stereocenters. The SMILES string of the molecule is CC(C)C1CCC(c2cc(C(=O)O)n[nH]2)CC1. The van der Waals surface area contributed by atoms with Crippen LogP contribution in [-0.2, 0) is 0 Å². The quantitative estimate of drug-likeness (QED) is 0.847. The molecule has 0 aromatic carbocycles. The molecule has 1 aromatic rings. The maximum absolute atomic E-state index is 10.8. The van der Waals surface area contributed by atoms with Gasteiger partial charge >= 0.3 is 5.97 Å². The van der Waals surface area contributed by atoms with E-state index in [0.717, 1.165) is 30.4 Å². The van der Waals surface area contributed by atoms with Crippen LogP contribution in [0.1, 0.15) is 61.6 Å². The Hall–Kier alpha value is -1.32. The second-order valence-corrected chi connectivity index (χ2v) is 5.37. The molecule has 4 nitrogen and oxygen atoms in total. The summed E-state index contributed by atoms with van der Waals surface area (Å²) in [6, 6.07) is 1.68. The summed E-state index contributed by atoms with van der Waals surface area (Å²) in [5, 5.41) is 15.5. The number of hydrogen-bond acceptors (Lipinski definition) is 2. The first kappa shape index (κ1) is 12.1. The van der Waals surface area contributed by atoms with Gasteiger partial charge in [-0.05, 0) is 43.6 Å². The van der Waals surface area contributed by atoms with Gasteiger partial charge in [-0.25, -0.2) is 4.79 Å². The number of rotatable bonds is 3. The topological polar surface area (TPSA) is 66.0 Å². The summed E-state index contributed by atoms with van der Waals surface area (Å²) >= 11 is 0. The van der Waals surface area contributed by atoms with Crippen molar-refractivity contribution >= 4 is 5.97 Å². The standard InChI is InChI=1S/C13H20N2O2/c1-8(2)9-3-5-10(6-4-9)11-7-12(13(16)17)15-14-11/h7-10H,3-6H2,1-2H3,(H,14,15)(H,16,17). The van der Waals surface area contributed by atoms with Crippen LogP contribution in [0.5, 0.6) is 0 Å². The van der Waals surface area contributed by atoms with E-state index in [4.69, 9.17) is 5.11 Å². The lowest BCUT2D eigenvalue weighted by Crippen LogP contribution is -2.17. The van der Waals surface area contributed by atoms with Crippen molar-refractivity contribution in [3.05, 3.63) is 17.5 Å². The summed E-state index contributed by atoms with van der Waals surface area (Å²) in [7, 11) is 0. The van der Waals surface area contributed by atoms with Gasteiger partial charge in [-0.2, -0.15) is 5.10 Å². The molecule has 1 aliphatic carbocycles. The number of carboxylic acids is 1. The lowest BCUT2D eigenvalue weighted by atomic mass is 9.76. The van der Waals surface area contributed by atoms with E-state index in [1.54, 1.807) is 6.07 Å². The summed E-state index contributed by atoms with van der Waals surface area (Å²) in [6.07, 6.45) is 4.77. The number of aromatic amines is 1. The van der Waals surface area contributed by atoms with Gasteiger partial charge in [0.15, 0.2) is 5.69 Å². The molecule has 1 saturated carbocycles. The third-order valence-electron chi connectivity index (χ3n) is 3.97. The van der Waals surface area contributed by atoms with E-state index in [1.807, 2.05) is 0 Å². The van der Waals surface area contributed by atoms with E-state index in [1.165, 1.54) is 12.8 Å². The summed E-state index contributed by atoms with van der Waals surface area (Å²) in [6.45, 7) is 4.56. The van der Waals surface area contributed by atoms with Gasteiger partial charge < -0.3 is 5.11 Å². The zero-order valence-corrected chi connectivity index (χ0v) is 10.4. The fourth-order valence-corrected chi connectivity index (χ4v) is 2.75. The molecule has 1 heterocycles. The van der Waals surface area contributed by atoms with Crippen LogP contribution in [0, 0.1) is 11.8 Å². The van der Waals surface area contributed by atoms with Crippen molar-refractivity contribution < 1.29 is 9.90 Å². The van der Waals surface area contributed by atoms with E-state index in [2.05, 4.69) is 24.0 Å². The van der Waals surface area contributed by atoms with E-state index < -0.39 is 5.97 Å². The first-order valence-electron chi connectivity index (χ1n) is 6.36. The minimum absolute atomic E-state index is 0.131. The van der Waals surface area contributed by atoms with Crippen molar-refractivity contribution in [1.82, 2.24) is 10.2 Å². The van der Waals surface area contributed by atoms with Crippen LogP contribution in [0.25, 0.3) is 0 Å². The molecule has 4 heteroatoms. The molecule has 17 heavy (non-hydrogen) atoms. The average molecular weight is 236 g/mol. The molecule has 0 amide bonds. The number of nitrogens with one attached hydrogen (secondary N) is 1. The van der Waals surface area contributed by atoms with Crippen LogP contribution < -0.4 is 0 Å². The van der Waals surface area contributed by atoms with Crippen LogP contribution in [0.15, 0.2) is 6.07 Å². The molecule has 0 unspecified atom stereocenters. The molecular weight excluding hydrogens is 216 g/mol. The van der Waals surface area contributed by atoms with E-state index in [0.29, 0.717) is 5.92 Å². The highest BCUT2D eigenvalue weighted by molar-refractivity contribution is 5.85. The Kier molecular flexibility index (Phi) is 3.50. The van der Waals surface area contributed by atoms with Crippen LogP contribution in [0.4, 0.5) is 0 Å². The van der Waals surface area contributed by atoms with Gasteiger partial charge in [-0.15, -0.1) is 0 Å². The summed E-state index contributed by atoms with van der Waals surface area (Å²) in [5.41, 5.74) is 1.12. The maximum Gasteiger partial charge on any atom is 0.356 e. The van der Waals surface area contributed by atoms with Gasteiger partial charge in [0.2, 0.25) is 0 Å². The Labute approximate surface area is 101 Å². The molecule has 0 radical (unpaired) electrons. The minimum Gasteiger partial charge on any atom is -0.476 e. The third kappa shape index (κ3) is 2.68. The highest BCUT2D eigenvalue weighted by atomic mass is 16.4. The fraction of sp³-hybridized carbons (Fsp3) is 0.692. The van der Waals surface area contributed by atoms with E-state index in [-0.39, 0.29) is 5.69 Å². The lowest BCUT2D eigenvalue weighted by Gasteiger charge is -2.30. The van der Waals surface area contributed by atoms with Crippen molar-refractivity contribution in [2.45, 2.75) is 45.4 Å². The summed E-state index contributed by atoms with van der Waals surface area (Å²) < 4.78 is 0. The van der Waals surface area contributed by atoms with Gasteiger partial charge in [0.25, 0.3) is 0 Å². The first-order valence-corrected chi connectivity index (χ1v) is 6.36. The highest BCUT2D eigenvalue weighted by Gasteiger charge is 2.25. The second-order valence-electron chi connectivity index (χ2n) is 5.37. The van der Waals surface area contributed by atoms with Crippen LogP contribution in [0.2, 0.25) is 0 Å². The molecule has 2 N–H and O–H groups in total. The average Bonchev–Trinajstić information content (AvgIpc) is 2.78. The number of hydrogen-bond donors (Lipinski definition) is 2. The maximum atomic E-state index is 10.8. The zero-order chi connectivity index (χ0) is 12.4. The smallest absolute Gasteiger partial charge is 0.356 e. The number of aromatic nitrogens is 2. The van der Waals surface area contributed by atoms with Crippen LogP contribution >= 0.6 is 0 Å². The van der Waals surface area contributed by atoms with Gasteiger partial charge in [-0.3, -0.25) is 5.10 Å². The van der Waals surface area contributed by atoms with Crippen LogP contribution in [-0.4, -0.2) is 21.3 Å². The monoisotopic (exact) mass is 236 g/mol. The predicted octanol–water partition coefficient (Wildman–Crippen LogP) is 3.04. The number of carboxylic acid groups (broad SMARTS) is 1. The predicted molar refractivity (Wildman–Crippen MR) is 65.1 cm³/mol. The largest absolute Gasteiger partial charge is 0.476 e. The first-order chi connectivity index (χ1) is 8.08. The van der Waals surface area contributed by atoms with Crippen molar-refractivity contribution in [2.24, 2.45) is 11.8 Å². The molecule has 1 aliphatic rings. The second kappa shape index (κ2) is 4.90. The van der Waals surface area contributed by atoms with Gasteiger partial charge in [-0.1, -0.05) is 13.8 Å². The van der Waals surface area contributed by atoms with Crippen LogP contribution in [0.3, 0.4) is 0 Å². The minimum atomic E-state index is -0.955. The molecule has 0 spiro atoms. The third-order valence-corrected chi connectivity index (χ3v) is 3.97. The highest BCUT2D eigenvalue weighted by Crippen LogP contribution is 2.37. The van der Waals surface area contributed by atoms with Gasteiger partial charge in [0.05, 0.1) is 0 Å². The van der Waals surface area contributed by atoms with Crippen molar-refractivity contribution in [2.75, 3.05) is 0 Å². The summed E-state index contributed by atoms with van der Waals surface area (Å²) in [5.74, 6) is 1.09. The number of aromatic carboxylic acids is 1. The molecule has 1 fully saturated rings. The summed E-state index contributed by atoms with van der Waals surface area (Å²) in [4.78, 5) is 10.8. The van der Waals surface area contributed by atoms with Crippen molar-refractivity contribution in [1.29, 1.82) is 0 Å². The Bertz CT molecular complexity index is 390. The van der Waals surface area contributed by atoms with Gasteiger partial charge in [0, 0.05) is 11.6 Å². The lowest BCUT2D eigenvalue weighted by molar-refractivity contribution is 0.0690. The molecule has 0 aliphatic heterocycles. The van der Waals surface area contributed by atoms with Crippen molar-refractivity contribution in [3.63, 3.8) is 0 Å². The van der Waals surface area contributed by atoms with E-state index in [9.17, 15) is 4.79 Å². The van der Waals surface area contributed by atoms with Crippen molar-refractivity contribution in [3.8, 4) is 0 Å². The Morgan fingerprint density at radius 3 is 2.53 bits per heavy atom. The molecule has 0 bridgehead atoms. The zero-order valence-electron chi connectivity index (χ0n) is 10.4. The fourth-order valence-electron chi connectivity index (χ4n) is 2.75. The number of H-pyrrole nitrogens is 1. The Morgan fingerprint density at radius 1 is 1.41 bits per heavy atom. The molecular formula is C13H20N2O2. The Morgan fingerprint density at radius 2 is 2.06 bits per heavy atom. The number of carbonyl (C=O) groups is 1. The number of nitrogens with zero attached hydrogens (tertiary/aromatic N) is 1. The Balaban J connectivity index is 1.98. The van der Waals surface area contributed by atoms with E-state index >= 15 is 0 Å².